The smallest absolute Gasteiger partial charge is 0.305 e. The van der Waals surface area contributed by atoms with Crippen LogP contribution in [0.4, 0.5) is 0 Å². The lowest BCUT2D eigenvalue weighted by Crippen LogP contribution is -2.42. The van der Waals surface area contributed by atoms with Crippen LogP contribution in [0, 0.1) is 17.8 Å². The maximum Gasteiger partial charge on any atom is 0.305 e. The van der Waals surface area contributed by atoms with Crippen molar-refractivity contribution in [3.63, 3.8) is 0 Å². The van der Waals surface area contributed by atoms with E-state index < -0.39 is 12.1 Å². The summed E-state index contributed by atoms with van der Waals surface area (Å²) in [4.78, 5) is 10.8. The highest BCUT2D eigenvalue weighted by Crippen LogP contribution is 2.56. The van der Waals surface area contributed by atoms with Crippen LogP contribution in [0.5, 0.6) is 0 Å². The Labute approximate surface area is 119 Å². The molecule has 20 heavy (non-hydrogen) atoms. The number of carboxylic acids is 1. The molecule has 3 heterocycles. The van der Waals surface area contributed by atoms with Crippen molar-refractivity contribution in [1.29, 1.82) is 0 Å². The fourth-order valence-corrected chi connectivity index (χ4v) is 4.65. The van der Waals surface area contributed by atoms with E-state index in [0.29, 0.717) is 11.8 Å². The number of rotatable bonds is 5. The summed E-state index contributed by atoms with van der Waals surface area (Å²) in [6.45, 7) is 4.26. The van der Waals surface area contributed by atoms with Gasteiger partial charge in [0, 0.05) is 17.8 Å². The number of aliphatic hydroxyl groups is 1. The number of hydrogen-bond donors (Lipinski definition) is 2. The second-order valence-electron chi connectivity index (χ2n) is 6.39. The van der Waals surface area contributed by atoms with E-state index in [-0.39, 0.29) is 36.8 Å². The zero-order valence-corrected chi connectivity index (χ0v) is 12.1. The molecular formula is C15H24O5. The predicted octanol–water partition coefficient (Wildman–Crippen LogP) is 1.43. The summed E-state index contributed by atoms with van der Waals surface area (Å²) < 4.78 is 12.2. The van der Waals surface area contributed by atoms with Crippen molar-refractivity contribution in [1.82, 2.24) is 0 Å². The van der Waals surface area contributed by atoms with Gasteiger partial charge in [-0.15, -0.1) is 0 Å². The van der Waals surface area contributed by atoms with Gasteiger partial charge < -0.3 is 19.7 Å². The SMILES string of the molecule is CCC1OC(CC)C2C3OC(CC3C(O)CC(=O)O)C12. The van der Waals surface area contributed by atoms with Crippen molar-refractivity contribution >= 4 is 5.97 Å². The first kappa shape index (κ1) is 14.3. The van der Waals surface area contributed by atoms with Crippen LogP contribution in [0.2, 0.25) is 0 Å². The van der Waals surface area contributed by atoms with Gasteiger partial charge in [-0.3, -0.25) is 4.79 Å². The highest BCUT2D eigenvalue weighted by Gasteiger charge is 2.63. The summed E-state index contributed by atoms with van der Waals surface area (Å²) in [5.41, 5.74) is 0. The quantitative estimate of drug-likeness (QED) is 0.798. The van der Waals surface area contributed by atoms with Crippen LogP contribution in [-0.2, 0) is 14.3 Å². The zero-order valence-electron chi connectivity index (χ0n) is 12.1. The van der Waals surface area contributed by atoms with Crippen molar-refractivity contribution in [2.45, 2.75) is 70.1 Å². The summed E-state index contributed by atoms with van der Waals surface area (Å²) in [7, 11) is 0. The van der Waals surface area contributed by atoms with Crippen molar-refractivity contribution in [2.75, 3.05) is 0 Å². The molecule has 0 aromatic heterocycles. The van der Waals surface area contributed by atoms with E-state index in [1.165, 1.54) is 0 Å². The highest BCUT2D eigenvalue weighted by molar-refractivity contribution is 5.67. The number of hydrogen-bond acceptors (Lipinski definition) is 4. The molecule has 3 aliphatic heterocycles. The molecular weight excluding hydrogens is 260 g/mol. The molecule has 8 atom stereocenters. The van der Waals surface area contributed by atoms with E-state index in [2.05, 4.69) is 13.8 Å². The molecule has 0 radical (unpaired) electrons. The van der Waals surface area contributed by atoms with E-state index in [1.807, 2.05) is 0 Å². The van der Waals surface area contributed by atoms with Crippen molar-refractivity contribution in [3.8, 4) is 0 Å². The number of aliphatic carboxylic acids is 1. The monoisotopic (exact) mass is 284 g/mol. The topological polar surface area (TPSA) is 76.0 Å². The fraction of sp³-hybridized carbons (Fsp3) is 0.933. The first-order valence-corrected chi connectivity index (χ1v) is 7.77. The summed E-state index contributed by atoms with van der Waals surface area (Å²) >= 11 is 0. The molecule has 114 valence electrons. The molecule has 0 aromatic rings. The number of carbonyl (C=O) groups is 1. The van der Waals surface area contributed by atoms with Crippen LogP contribution < -0.4 is 0 Å². The van der Waals surface area contributed by atoms with E-state index in [4.69, 9.17) is 14.6 Å². The molecule has 3 aliphatic rings. The molecule has 0 spiro atoms. The Hall–Kier alpha value is -0.650. The Balaban J connectivity index is 1.76. The second kappa shape index (κ2) is 5.28. The van der Waals surface area contributed by atoms with Crippen LogP contribution in [0.1, 0.15) is 39.5 Å². The maximum absolute atomic E-state index is 10.8. The van der Waals surface area contributed by atoms with E-state index >= 15 is 0 Å². The third-order valence-corrected chi connectivity index (χ3v) is 5.40. The van der Waals surface area contributed by atoms with Gasteiger partial charge in [-0.05, 0) is 19.3 Å². The third-order valence-electron chi connectivity index (χ3n) is 5.40. The first-order chi connectivity index (χ1) is 9.56. The molecule has 3 fully saturated rings. The lowest BCUT2D eigenvalue weighted by Gasteiger charge is -2.32. The summed E-state index contributed by atoms with van der Waals surface area (Å²) in [6, 6.07) is 0. The average Bonchev–Trinajstić information content (AvgIpc) is 3.07. The van der Waals surface area contributed by atoms with Gasteiger partial charge in [-0.2, -0.15) is 0 Å². The Kier molecular flexibility index (Phi) is 3.77. The van der Waals surface area contributed by atoms with Crippen LogP contribution in [0.15, 0.2) is 0 Å². The zero-order chi connectivity index (χ0) is 14.4. The normalized spacial score (nSPS) is 47.5. The molecule has 5 nitrogen and oxygen atoms in total. The molecule has 0 aromatic carbocycles. The minimum Gasteiger partial charge on any atom is -0.481 e. The molecule has 8 unspecified atom stereocenters. The van der Waals surface area contributed by atoms with Crippen molar-refractivity contribution < 1.29 is 24.5 Å². The molecule has 3 rings (SSSR count). The van der Waals surface area contributed by atoms with Crippen LogP contribution in [0.25, 0.3) is 0 Å². The van der Waals surface area contributed by atoms with Gasteiger partial charge >= 0.3 is 5.97 Å². The molecule has 0 aliphatic carbocycles. The first-order valence-electron chi connectivity index (χ1n) is 7.77. The van der Waals surface area contributed by atoms with E-state index in [1.54, 1.807) is 0 Å². The number of fused-ring (bicyclic) bond motifs is 5. The van der Waals surface area contributed by atoms with Crippen molar-refractivity contribution in [2.24, 2.45) is 17.8 Å². The van der Waals surface area contributed by atoms with Crippen molar-refractivity contribution in [3.05, 3.63) is 0 Å². The van der Waals surface area contributed by atoms with Gasteiger partial charge in [0.25, 0.3) is 0 Å². The summed E-state index contributed by atoms with van der Waals surface area (Å²) in [6.07, 6.45) is 2.29. The van der Waals surface area contributed by atoms with E-state index in [0.717, 1.165) is 19.3 Å². The lowest BCUT2D eigenvalue weighted by molar-refractivity contribution is -0.140. The lowest BCUT2D eigenvalue weighted by atomic mass is 9.69. The molecule has 0 amide bonds. The van der Waals surface area contributed by atoms with Gasteiger partial charge in [0.05, 0.1) is 36.9 Å². The van der Waals surface area contributed by atoms with Gasteiger partial charge in [-0.25, -0.2) is 0 Å². The second-order valence-corrected chi connectivity index (χ2v) is 6.39. The number of carboxylic acid groups (broad SMARTS) is 1. The Morgan fingerprint density at radius 2 is 1.85 bits per heavy atom. The molecule has 5 heteroatoms. The van der Waals surface area contributed by atoms with Gasteiger partial charge in [-0.1, -0.05) is 13.8 Å². The van der Waals surface area contributed by atoms with E-state index in [9.17, 15) is 9.90 Å². The number of ether oxygens (including phenoxy) is 2. The predicted molar refractivity (Wildman–Crippen MR) is 71.3 cm³/mol. The standard InChI is InChI=1S/C15H24O5/c1-3-9-13-11-5-7(8(16)6-12(17)18)15(20-11)14(13)10(4-2)19-9/h7-11,13-16H,3-6H2,1-2H3,(H,17,18). The molecule has 2 bridgehead atoms. The highest BCUT2D eigenvalue weighted by atomic mass is 16.5. The van der Waals surface area contributed by atoms with Crippen LogP contribution >= 0.6 is 0 Å². The fourth-order valence-electron chi connectivity index (χ4n) is 4.65. The number of aliphatic hydroxyl groups excluding tert-OH is 1. The molecule has 0 saturated carbocycles. The summed E-state index contributed by atoms with van der Waals surface area (Å²) in [5, 5.41) is 19.0. The Morgan fingerprint density at radius 3 is 2.45 bits per heavy atom. The molecule has 2 N–H and O–H groups in total. The average molecular weight is 284 g/mol. The Morgan fingerprint density at radius 1 is 1.20 bits per heavy atom. The minimum absolute atomic E-state index is 0.0270. The largest absolute Gasteiger partial charge is 0.481 e. The van der Waals surface area contributed by atoms with Crippen LogP contribution in [0.3, 0.4) is 0 Å². The van der Waals surface area contributed by atoms with Gasteiger partial charge in [0.2, 0.25) is 0 Å². The summed E-state index contributed by atoms with van der Waals surface area (Å²) in [5.74, 6) is -0.232. The third kappa shape index (κ3) is 2.07. The maximum atomic E-state index is 10.8. The molecule has 3 saturated heterocycles. The van der Waals surface area contributed by atoms with Gasteiger partial charge in [0.15, 0.2) is 0 Å². The van der Waals surface area contributed by atoms with Crippen LogP contribution in [-0.4, -0.2) is 46.7 Å². The Bertz CT molecular complexity index is 384. The minimum atomic E-state index is -0.946. The van der Waals surface area contributed by atoms with Gasteiger partial charge in [0.1, 0.15) is 0 Å².